The average Bonchev–Trinajstić information content (AvgIpc) is 3.78. The van der Waals surface area contributed by atoms with Gasteiger partial charge in [0.25, 0.3) is 0 Å². The molecule has 0 fully saturated rings. The molecule has 0 saturated carbocycles. The van der Waals surface area contributed by atoms with Gasteiger partial charge in [0.2, 0.25) is 0 Å². The van der Waals surface area contributed by atoms with E-state index in [1.807, 2.05) is 12.4 Å². The van der Waals surface area contributed by atoms with E-state index in [-0.39, 0.29) is 11.3 Å². The highest BCUT2D eigenvalue weighted by Gasteiger charge is 2.49. The van der Waals surface area contributed by atoms with Gasteiger partial charge in [-0.1, -0.05) is 195 Å². The van der Waals surface area contributed by atoms with E-state index in [1.54, 1.807) is 0 Å². The largest absolute Gasteiger partial charge is 0.265 e. The van der Waals surface area contributed by atoms with E-state index in [4.69, 9.17) is 0 Å². The Labute approximate surface area is 348 Å². The molecule has 8 aromatic rings. The second-order valence-electron chi connectivity index (χ2n) is 16.4. The van der Waals surface area contributed by atoms with Gasteiger partial charge in [0.05, 0.1) is 10.8 Å². The van der Waals surface area contributed by atoms with Crippen LogP contribution in [0.3, 0.4) is 0 Å². The highest BCUT2D eigenvalue weighted by molar-refractivity contribution is 5.92. The summed E-state index contributed by atoms with van der Waals surface area (Å²) < 4.78 is 0. The van der Waals surface area contributed by atoms with Crippen molar-refractivity contribution in [1.29, 1.82) is 0 Å². The maximum atomic E-state index is 4.48. The number of aryl methyl sites for hydroxylation is 1. The van der Waals surface area contributed by atoms with Crippen LogP contribution in [-0.2, 0) is 17.3 Å². The van der Waals surface area contributed by atoms with Crippen molar-refractivity contribution < 1.29 is 0 Å². The summed E-state index contributed by atoms with van der Waals surface area (Å²) in [7, 11) is 0. The summed E-state index contributed by atoms with van der Waals surface area (Å²) in [6.07, 6.45) is 11.8. The summed E-state index contributed by atoms with van der Waals surface area (Å²) in [6.45, 7) is 2.30. The lowest BCUT2D eigenvalue weighted by Gasteiger charge is -2.37. The quantitative estimate of drug-likeness (QED) is 0.150. The molecule has 2 atom stereocenters. The molecule has 7 aromatic carbocycles. The molecule has 0 bridgehead atoms. The van der Waals surface area contributed by atoms with Crippen molar-refractivity contribution in [3.63, 3.8) is 0 Å². The van der Waals surface area contributed by atoms with Gasteiger partial charge in [0.1, 0.15) is 0 Å². The van der Waals surface area contributed by atoms with Gasteiger partial charge in [-0.2, -0.15) is 0 Å². The first-order chi connectivity index (χ1) is 29.2. The maximum Gasteiger partial charge on any atom is 0.0714 e. The van der Waals surface area contributed by atoms with Crippen molar-refractivity contribution in [2.24, 2.45) is 0 Å². The van der Waals surface area contributed by atoms with E-state index in [0.717, 1.165) is 19.3 Å². The molecule has 0 spiro atoms. The second kappa shape index (κ2) is 14.2. The van der Waals surface area contributed by atoms with E-state index >= 15 is 0 Å². The SMILES string of the molecule is CCCc1cc2c(cc1-c1cccc(C3C=CC4=C(C3)C(c3ccccc3)(c3ccccc3)c3ccccc34)c1)C(c1ccccc1)(c1ccncc1)c1ccccc1-2. The zero-order valence-corrected chi connectivity index (χ0v) is 33.4. The molecule has 2 unspecified atom stereocenters. The van der Waals surface area contributed by atoms with Gasteiger partial charge >= 0.3 is 0 Å². The molecule has 11 rings (SSSR count). The first-order valence-corrected chi connectivity index (χ1v) is 21.2. The molecule has 3 aliphatic rings. The van der Waals surface area contributed by atoms with Gasteiger partial charge in [0, 0.05) is 18.3 Å². The number of aromatic nitrogens is 1. The van der Waals surface area contributed by atoms with Crippen LogP contribution in [0.5, 0.6) is 0 Å². The topological polar surface area (TPSA) is 12.9 Å². The van der Waals surface area contributed by atoms with E-state index in [2.05, 4.69) is 212 Å². The van der Waals surface area contributed by atoms with E-state index in [9.17, 15) is 0 Å². The van der Waals surface area contributed by atoms with Crippen LogP contribution in [0.4, 0.5) is 0 Å². The van der Waals surface area contributed by atoms with Gasteiger partial charge in [-0.05, 0) is 120 Å². The van der Waals surface area contributed by atoms with Crippen LogP contribution >= 0.6 is 0 Å². The Balaban J connectivity index is 1.07. The Morgan fingerprint density at radius 2 is 1.07 bits per heavy atom. The normalized spacial score (nSPS) is 18.2. The average molecular weight is 756 g/mol. The molecule has 0 N–H and O–H groups in total. The molecule has 0 radical (unpaired) electrons. The van der Waals surface area contributed by atoms with Crippen molar-refractivity contribution >= 4 is 5.57 Å². The monoisotopic (exact) mass is 755 g/mol. The minimum Gasteiger partial charge on any atom is -0.265 e. The number of fused-ring (bicyclic) bond motifs is 5. The number of pyridine rings is 1. The third-order valence-electron chi connectivity index (χ3n) is 13.5. The minimum atomic E-state index is -0.474. The summed E-state index contributed by atoms with van der Waals surface area (Å²) in [5.41, 5.74) is 20.6. The summed E-state index contributed by atoms with van der Waals surface area (Å²) in [5, 5.41) is 0. The lowest BCUT2D eigenvalue weighted by molar-refractivity contribution is 0.666. The summed E-state index contributed by atoms with van der Waals surface area (Å²) in [5.74, 6) is 0.225. The maximum absolute atomic E-state index is 4.48. The van der Waals surface area contributed by atoms with Crippen LogP contribution in [0.2, 0.25) is 0 Å². The van der Waals surface area contributed by atoms with Crippen LogP contribution in [0.1, 0.15) is 81.3 Å². The number of nitrogens with zero attached hydrogens (tertiary/aromatic N) is 1. The summed E-state index contributed by atoms with van der Waals surface area (Å²) in [4.78, 5) is 4.48. The van der Waals surface area contributed by atoms with E-state index in [1.165, 1.54) is 89.0 Å². The molecular weight excluding hydrogens is 711 g/mol. The minimum absolute atomic E-state index is 0.225. The molecule has 0 aliphatic heterocycles. The Bertz CT molecular complexity index is 2820. The summed E-state index contributed by atoms with van der Waals surface area (Å²) >= 11 is 0. The van der Waals surface area contributed by atoms with Crippen molar-refractivity contribution in [3.8, 4) is 22.3 Å². The molecule has 282 valence electrons. The molecule has 1 heterocycles. The zero-order valence-electron chi connectivity index (χ0n) is 33.4. The van der Waals surface area contributed by atoms with Crippen molar-refractivity contribution in [2.75, 3.05) is 0 Å². The predicted octanol–water partition coefficient (Wildman–Crippen LogP) is 13.9. The van der Waals surface area contributed by atoms with Crippen LogP contribution in [-0.4, -0.2) is 4.98 Å². The Morgan fingerprint density at radius 1 is 0.492 bits per heavy atom. The molecule has 0 saturated heterocycles. The van der Waals surface area contributed by atoms with Gasteiger partial charge in [-0.15, -0.1) is 0 Å². The third-order valence-corrected chi connectivity index (χ3v) is 13.5. The van der Waals surface area contributed by atoms with E-state index in [0.29, 0.717) is 0 Å². The fourth-order valence-electron chi connectivity index (χ4n) is 11.1. The number of rotatable bonds is 8. The van der Waals surface area contributed by atoms with Gasteiger partial charge in [-0.3, -0.25) is 4.98 Å². The molecule has 1 heteroatoms. The Kier molecular flexibility index (Phi) is 8.52. The van der Waals surface area contributed by atoms with Crippen LogP contribution in [0, 0.1) is 0 Å². The van der Waals surface area contributed by atoms with Crippen LogP contribution in [0.25, 0.3) is 27.8 Å². The molecule has 59 heavy (non-hydrogen) atoms. The Morgan fingerprint density at radius 3 is 1.73 bits per heavy atom. The number of allylic oxidation sites excluding steroid dienone is 4. The van der Waals surface area contributed by atoms with Crippen LogP contribution in [0.15, 0.2) is 218 Å². The lowest BCUT2D eigenvalue weighted by Crippen LogP contribution is -2.31. The standard InChI is InChI=1S/C58H45N/c1-2-17-42-37-52-49-27-13-15-29-54(49)58(46-24-10-5-11-25-46,47-32-34-59-35-33-47)56(52)39-51(42)43-19-16-18-40(36-43)41-30-31-50-48-26-12-14-28-53(48)57(55(50)38-41,44-20-6-3-7-21-44)45-22-8-4-9-23-45/h3-16,18-37,39,41H,2,17,38H2,1H3. The van der Waals surface area contributed by atoms with Gasteiger partial charge in [0.15, 0.2) is 0 Å². The molecular formula is C58H45N. The smallest absolute Gasteiger partial charge is 0.0714 e. The van der Waals surface area contributed by atoms with Crippen LogP contribution < -0.4 is 0 Å². The molecule has 1 aromatic heterocycles. The zero-order chi connectivity index (χ0) is 39.4. The molecule has 3 aliphatic carbocycles. The summed E-state index contributed by atoms with van der Waals surface area (Å²) in [6, 6.07) is 70.6. The van der Waals surface area contributed by atoms with Gasteiger partial charge in [-0.25, -0.2) is 0 Å². The number of hydrogen-bond donors (Lipinski definition) is 0. The fraction of sp³-hybridized carbons (Fsp3) is 0.121. The highest BCUT2D eigenvalue weighted by atomic mass is 14.6. The first-order valence-electron chi connectivity index (χ1n) is 21.2. The van der Waals surface area contributed by atoms with Crippen molar-refractivity contribution in [3.05, 3.63) is 274 Å². The fourth-order valence-corrected chi connectivity index (χ4v) is 11.1. The van der Waals surface area contributed by atoms with E-state index < -0.39 is 5.41 Å². The number of benzene rings is 7. The Hall–Kier alpha value is -6.83. The lowest BCUT2D eigenvalue weighted by atomic mass is 9.64. The number of hydrogen-bond acceptors (Lipinski definition) is 1. The molecule has 1 nitrogen and oxygen atoms in total. The molecule has 0 amide bonds. The first kappa shape index (κ1) is 35.3. The van der Waals surface area contributed by atoms with Crippen molar-refractivity contribution in [1.82, 2.24) is 4.98 Å². The van der Waals surface area contributed by atoms with Crippen molar-refractivity contribution in [2.45, 2.75) is 42.9 Å². The highest BCUT2D eigenvalue weighted by Crippen LogP contribution is 2.60. The van der Waals surface area contributed by atoms with Gasteiger partial charge < -0.3 is 0 Å². The predicted molar refractivity (Wildman–Crippen MR) is 244 cm³/mol. The second-order valence-corrected chi connectivity index (χ2v) is 16.4. The third kappa shape index (κ3) is 5.27.